The predicted octanol–water partition coefficient (Wildman–Crippen LogP) is -0.0447. The predicted molar refractivity (Wildman–Crippen MR) is 59.8 cm³/mol. The van der Waals surface area contributed by atoms with Crippen LogP contribution in [-0.4, -0.2) is 30.1 Å². The zero-order valence-corrected chi connectivity index (χ0v) is 9.05. The molecule has 0 fully saturated rings. The van der Waals surface area contributed by atoms with Crippen LogP contribution in [0.2, 0.25) is 0 Å². The summed E-state index contributed by atoms with van der Waals surface area (Å²) in [6.07, 6.45) is 0. The summed E-state index contributed by atoms with van der Waals surface area (Å²) in [6.45, 7) is -0.144. The molecule has 1 aromatic carbocycles. The lowest BCUT2D eigenvalue weighted by molar-refractivity contribution is -0.137. The highest BCUT2D eigenvalue weighted by Crippen LogP contribution is 2.32. The molecule has 0 aliphatic carbocycles. The van der Waals surface area contributed by atoms with E-state index in [0.29, 0.717) is 18.0 Å². The van der Waals surface area contributed by atoms with Gasteiger partial charge in [-0.2, -0.15) is 0 Å². The van der Waals surface area contributed by atoms with Crippen LogP contribution >= 0.6 is 0 Å². The highest BCUT2D eigenvalue weighted by molar-refractivity contribution is 6.01. The van der Waals surface area contributed by atoms with E-state index in [1.54, 1.807) is 18.2 Å². The lowest BCUT2D eigenvalue weighted by Gasteiger charge is -2.28. The third-order valence-electron chi connectivity index (χ3n) is 2.50. The van der Waals surface area contributed by atoms with E-state index < -0.39 is 5.97 Å². The average Bonchev–Trinajstić information content (AvgIpc) is 2.32. The second-order valence-electron chi connectivity index (χ2n) is 3.67. The largest absolute Gasteiger partial charge is 0.482 e. The topological polar surface area (TPSA) is 92.9 Å². The smallest absolute Gasteiger partial charge is 0.323 e. The monoisotopic (exact) mass is 236 g/mol. The van der Waals surface area contributed by atoms with Crippen LogP contribution in [0.1, 0.15) is 5.56 Å². The molecule has 1 aromatic rings. The van der Waals surface area contributed by atoms with E-state index in [4.69, 9.17) is 15.6 Å². The van der Waals surface area contributed by atoms with E-state index in [2.05, 4.69) is 0 Å². The van der Waals surface area contributed by atoms with Crippen molar-refractivity contribution in [1.29, 1.82) is 0 Å². The Hall–Kier alpha value is -2.08. The van der Waals surface area contributed by atoms with Crippen LogP contribution in [0, 0.1) is 0 Å². The van der Waals surface area contributed by atoms with Crippen molar-refractivity contribution in [3.8, 4) is 5.75 Å². The Morgan fingerprint density at radius 1 is 1.53 bits per heavy atom. The Kier molecular flexibility index (Phi) is 2.97. The van der Waals surface area contributed by atoms with Crippen molar-refractivity contribution in [3.63, 3.8) is 0 Å². The zero-order valence-electron chi connectivity index (χ0n) is 9.05. The molecule has 0 unspecified atom stereocenters. The number of carbonyl (C=O) groups excluding carboxylic acids is 1. The molecule has 1 aliphatic rings. The van der Waals surface area contributed by atoms with Gasteiger partial charge in [0.05, 0.1) is 5.69 Å². The number of ether oxygens (including phenoxy) is 1. The molecule has 0 saturated carbocycles. The Morgan fingerprint density at radius 3 is 2.94 bits per heavy atom. The van der Waals surface area contributed by atoms with E-state index in [1.165, 1.54) is 4.90 Å². The Balaban J connectivity index is 2.37. The summed E-state index contributed by atoms with van der Waals surface area (Å²) >= 11 is 0. The van der Waals surface area contributed by atoms with Crippen molar-refractivity contribution in [2.45, 2.75) is 6.54 Å². The van der Waals surface area contributed by atoms with Gasteiger partial charge in [-0.1, -0.05) is 6.07 Å². The molecule has 1 heterocycles. The molecule has 0 saturated heterocycles. The highest BCUT2D eigenvalue weighted by atomic mass is 16.5. The lowest BCUT2D eigenvalue weighted by atomic mass is 10.1. The first-order chi connectivity index (χ1) is 8.11. The van der Waals surface area contributed by atoms with Crippen molar-refractivity contribution in [1.82, 2.24) is 0 Å². The molecule has 6 nitrogen and oxygen atoms in total. The van der Waals surface area contributed by atoms with Gasteiger partial charge < -0.3 is 15.6 Å². The standard InChI is InChI=1S/C11H12N2O4/c12-4-7-1-2-8-9(3-7)17-6-10(14)13(8)5-11(15)16/h1-3H,4-6,12H2,(H,15,16). The van der Waals surface area contributed by atoms with Crippen LogP contribution in [0.25, 0.3) is 0 Å². The number of nitrogens with two attached hydrogens (primary N) is 1. The first-order valence-corrected chi connectivity index (χ1v) is 5.10. The van der Waals surface area contributed by atoms with Crippen LogP contribution in [0.3, 0.4) is 0 Å². The average molecular weight is 236 g/mol. The van der Waals surface area contributed by atoms with Crippen molar-refractivity contribution in [3.05, 3.63) is 23.8 Å². The fraction of sp³-hybridized carbons (Fsp3) is 0.273. The van der Waals surface area contributed by atoms with E-state index >= 15 is 0 Å². The maximum Gasteiger partial charge on any atom is 0.323 e. The third kappa shape index (κ3) is 2.21. The van der Waals surface area contributed by atoms with Gasteiger partial charge in [0.2, 0.25) is 0 Å². The molecule has 0 atom stereocenters. The Morgan fingerprint density at radius 2 is 2.29 bits per heavy atom. The number of nitrogens with zero attached hydrogens (tertiary/aromatic N) is 1. The number of benzene rings is 1. The zero-order chi connectivity index (χ0) is 12.4. The molecule has 0 bridgehead atoms. The fourth-order valence-corrected chi connectivity index (χ4v) is 1.68. The molecular formula is C11H12N2O4. The number of carbonyl (C=O) groups is 2. The minimum absolute atomic E-state index is 0.145. The maximum absolute atomic E-state index is 11.6. The van der Waals surface area contributed by atoms with Gasteiger partial charge in [-0.15, -0.1) is 0 Å². The molecule has 6 heteroatoms. The molecule has 2 rings (SSSR count). The van der Waals surface area contributed by atoms with Gasteiger partial charge in [-0.3, -0.25) is 14.5 Å². The summed E-state index contributed by atoms with van der Waals surface area (Å²) in [5.41, 5.74) is 6.84. The minimum atomic E-state index is -1.06. The van der Waals surface area contributed by atoms with Crippen LogP contribution < -0.4 is 15.4 Å². The van der Waals surface area contributed by atoms with E-state index in [9.17, 15) is 9.59 Å². The lowest BCUT2D eigenvalue weighted by Crippen LogP contribution is -2.41. The fourth-order valence-electron chi connectivity index (χ4n) is 1.68. The van der Waals surface area contributed by atoms with Gasteiger partial charge >= 0.3 is 5.97 Å². The molecular weight excluding hydrogens is 224 g/mol. The summed E-state index contributed by atoms with van der Waals surface area (Å²) in [7, 11) is 0. The number of hydrogen-bond donors (Lipinski definition) is 2. The van der Waals surface area contributed by atoms with Gasteiger partial charge in [0.25, 0.3) is 5.91 Å². The number of carboxylic acids is 1. The van der Waals surface area contributed by atoms with Crippen molar-refractivity contribution >= 4 is 17.6 Å². The highest BCUT2D eigenvalue weighted by Gasteiger charge is 2.27. The number of rotatable bonds is 3. The summed E-state index contributed by atoms with van der Waals surface area (Å²) in [6, 6.07) is 5.11. The minimum Gasteiger partial charge on any atom is -0.482 e. The summed E-state index contributed by atoms with van der Waals surface area (Å²) in [4.78, 5) is 23.4. The number of carboxylic acid groups (broad SMARTS) is 1. The number of amides is 1. The van der Waals surface area contributed by atoms with Crippen LogP contribution in [0.5, 0.6) is 5.75 Å². The van der Waals surface area contributed by atoms with Gasteiger partial charge in [0.15, 0.2) is 6.61 Å². The Bertz CT molecular complexity index is 473. The number of aliphatic carboxylic acids is 1. The van der Waals surface area contributed by atoms with Crippen LogP contribution in [-0.2, 0) is 16.1 Å². The van der Waals surface area contributed by atoms with E-state index in [-0.39, 0.29) is 19.1 Å². The SMILES string of the molecule is NCc1ccc2c(c1)OCC(=O)N2CC(=O)O. The molecule has 90 valence electrons. The van der Waals surface area contributed by atoms with E-state index in [0.717, 1.165) is 5.56 Å². The van der Waals surface area contributed by atoms with Gasteiger partial charge in [0, 0.05) is 6.54 Å². The summed E-state index contributed by atoms with van der Waals surface area (Å²) in [5, 5.41) is 8.76. The second-order valence-corrected chi connectivity index (χ2v) is 3.67. The molecule has 1 amide bonds. The molecule has 0 radical (unpaired) electrons. The number of fused-ring (bicyclic) bond motifs is 1. The summed E-state index contributed by atoms with van der Waals surface area (Å²) in [5.74, 6) is -0.928. The number of hydrogen-bond acceptors (Lipinski definition) is 4. The van der Waals surface area contributed by atoms with Crippen molar-refractivity contribution in [2.75, 3.05) is 18.1 Å². The van der Waals surface area contributed by atoms with E-state index in [1.807, 2.05) is 0 Å². The van der Waals surface area contributed by atoms with Gasteiger partial charge in [-0.25, -0.2) is 0 Å². The second kappa shape index (κ2) is 4.42. The normalized spacial score (nSPS) is 14.2. The molecule has 1 aliphatic heterocycles. The quantitative estimate of drug-likeness (QED) is 0.767. The molecule has 3 N–H and O–H groups in total. The molecule has 0 aromatic heterocycles. The first-order valence-electron chi connectivity index (χ1n) is 5.10. The summed E-state index contributed by atoms with van der Waals surface area (Å²) < 4.78 is 5.25. The van der Waals surface area contributed by atoms with Crippen LogP contribution in [0.4, 0.5) is 5.69 Å². The molecule has 17 heavy (non-hydrogen) atoms. The van der Waals surface area contributed by atoms with Crippen molar-refractivity contribution in [2.24, 2.45) is 5.73 Å². The van der Waals surface area contributed by atoms with Gasteiger partial charge in [0.1, 0.15) is 12.3 Å². The van der Waals surface area contributed by atoms with Gasteiger partial charge in [-0.05, 0) is 17.7 Å². The van der Waals surface area contributed by atoms with Crippen molar-refractivity contribution < 1.29 is 19.4 Å². The number of anilines is 1. The molecule has 0 spiro atoms. The van der Waals surface area contributed by atoms with Crippen LogP contribution in [0.15, 0.2) is 18.2 Å². The first kappa shape index (κ1) is 11.4. The Labute approximate surface area is 97.6 Å². The maximum atomic E-state index is 11.6. The third-order valence-corrected chi connectivity index (χ3v) is 2.50.